The van der Waals surface area contributed by atoms with Crippen molar-refractivity contribution in [1.29, 1.82) is 0 Å². The third-order valence-electron chi connectivity index (χ3n) is 4.58. The molecular weight excluding hydrogens is 334 g/mol. The van der Waals surface area contributed by atoms with Crippen LogP contribution in [0.5, 0.6) is 0 Å². The summed E-state index contributed by atoms with van der Waals surface area (Å²) < 4.78 is 0. The lowest BCUT2D eigenvalue weighted by Crippen LogP contribution is -2.41. The molecule has 0 amide bonds. The van der Waals surface area contributed by atoms with Gasteiger partial charge < -0.3 is 10.2 Å². The van der Waals surface area contributed by atoms with Crippen LogP contribution in [0.4, 0.5) is 11.4 Å². The Morgan fingerprint density at radius 2 is 1.88 bits per heavy atom. The van der Waals surface area contributed by atoms with E-state index >= 15 is 0 Å². The van der Waals surface area contributed by atoms with E-state index in [9.17, 15) is 10.1 Å². The van der Waals surface area contributed by atoms with Gasteiger partial charge in [0.25, 0.3) is 5.69 Å². The maximum atomic E-state index is 10.8. The van der Waals surface area contributed by atoms with Crippen molar-refractivity contribution in [3.63, 3.8) is 0 Å². The largest absolute Gasteiger partial charge is 0.342 e. The molecule has 1 saturated carbocycles. The van der Waals surface area contributed by atoms with Crippen LogP contribution in [0.1, 0.15) is 25.3 Å². The Hall–Kier alpha value is -2.47. The van der Waals surface area contributed by atoms with E-state index in [1.165, 1.54) is 30.5 Å². The maximum absolute atomic E-state index is 10.8. The first-order chi connectivity index (χ1) is 12.0. The van der Waals surface area contributed by atoms with Gasteiger partial charge >= 0.3 is 0 Å². The SMILES string of the molecule is C[C@H](C1CC1)N(Cc1ccccc1)C(=S)Nc1ccc([N+](=O)[O-])cc1. The monoisotopic (exact) mass is 355 g/mol. The van der Waals surface area contributed by atoms with Gasteiger partial charge in [0.1, 0.15) is 0 Å². The highest BCUT2D eigenvalue weighted by molar-refractivity contribution is 7.80. The average Bonchev–Trinajstić information content (AvgIpc) is 3.45. The van der Waals surface area contributed by atoms with Gasteiger partial charge in [-0.1, -0.05) is 30.3 Å². The number of nitrogens with zero attached hydrogens (tertiary/aromatic N) is 2. The lowest BCUT2D eigenvalue weighted by molar-refractivity contribution is -0.384. The number of non-ortho nitro benzene ring substituents is 1. The van der Waals surface area contributed by atoms with Crippen LogP contribution in [-0.2, 0) is 6.54 Å². The molecule has 0 aliphatic heterocycles. The van der Waals surface area contributed by atoms with Crippen LogP contribution in [-0.4, -0.2) is 21.0 Å². The van der Waals surface area contributed by atoms with Gasteiger partial charge in [0.15, 0.2) is 5.11 Å². The summed E-state index contributed by atoms with van der Waals surface area (Å²) in [6.07, 6.45) is 2.49. The number of nitro groups is 1. The van der Waals surface area contributed by atoms with E-state index in [1.807, 2.05) is 18.2 Å². The molecule has 130 valence electrons. The van der Waals surface area contributed by atoms with Crippen molar-refractivity contribution < 1.29 is 4.92 Å². The van der Waals surface area contributed by atoms with Crippen molar-refractivity contribution in [2.24, 2.45) is 5.92 Å². The molecule has 6 heteroatoms. The van der Waals surface area contributed by atoms with Gasteiger partial charge in [0, 0.05) is 30.4 Å². The summed E-state index contributed by atoms with van der Waals surface area (Å²) in [5, 5.41) is 14.6. The summed E-state index contributed by atoms with van der Waals surface area (Å²) in [6.45, 7) is 2.96. The molecule has 1 aliphatic carbocycles. The Morgan fingerprint density at radius 1 is 1.24 bits per heavy atom. The molecule has 0 bridgehead atoms. The first-order valence-electron chi connectivity index (χ1n) is 8.40. The predicted molar refractivity (Wildman–Crippen MR) is 103 cm³/mol. The van der Waals surface area contributed by atoms with Gasteiger partial charge in [0.05, 0.1) is 4.92 Å². The summed E-state index contributed by atoms with van der Waals surface area (Å²) >= 11 is 5.65. The van der Waals surface area contributed by atoms with Crippen molar-refractivity contribution in [1.82, 2.24) is 4.90 Å². The van der Waals surface area contributed by atoms with Crippen molar-refractivity contribution >= 4 is 28.7 Å². The molecule has 1 N–H and O–H groups in total. The minimum absolute atomic E-state index is 0.0731. The Bertz CT molecular complexity index is 745. The van der Waals surface area contributed by atoms with E-state index in [0.717, 1.165) is 12.2 Å². The summed E-state index contributed by atoms with van der Waals surface area (Å²) in [5.41, 5.74) is 2.04. The van der Waals surface area contributed by atoms with E-state index in [4.69, 9.17) is 12.2 Å². The summed E-state index contributed by atoms with van der Waals surface area (Å²) in [5.74, 6) is 0.681. The van der Waals surface area contributed by atoms with Crippen molar-refractivity contribution in [2.45, 2.75) is 32.4 Å². The smallest absolute Gasteiger partial charge is 0.269 e. The number of rotatable bonds is 6. The molecule has 3 rings (SSSR count). The standard InChI is InChI=1S/C19H21N3O2S/c1-14(16-7-8-16)21(13-15-5-3-2-4-6-15)19(25)20-17-9-11-18(12-10-17)22(23)24/h2-6,9-12,14,16H,7-8,13H2,1H3,(H,20,25)/t14-/m1/s1. The maximum Gasteiger partial charge on any atom is 0.269 e. The molecule has 0 unspecified atom stereocenters. The lowest BCUT2D eigenvalue weighted by Gasteiger charge is -2.32. The van der Waals surface area contributed by atoms with Crippen molar-refractivity contribution in [3.8, 4) is 0 Å². The second-order valence-electron chi connectivity index (χ2n) is 6.43. The van der Waals surface area contributed by atoms with Gasteiger partial charge in [-0.2, -0.15) is 0 Å². The molecule has 0 aromatic heterocycles. The van der Waals surface area contributed by atoms with Crippen molar-refractivity contribution in [3.05, 3.63) is 70.3 Å². The van der Waals surface area contributed by atoms with Crippen LogP contribution in [0.15, 0.2) is 54.6 Å². The quantitative estimate of drug-likeness (QED) is 0.466. The number of benzene rings is 2. The Labute approximate surface area is 152 Å². The second kappa shape index (κ2) is 7.61. The van der Waals surface area contributed by atoms with E-state index in [0.29, 0.717) is 17.1 Å². The molecule has 5 nitrogen and oxygen atoms in total. The first kappa shape index (κ1) is 17.4. The third-order valence-corrected chi connectivity index (χ3v) is 4.92. The van der Waals surface area contributed by atoms with E-state index < -0.39 is 4.92 Å². The highest BCUT2D eigenvalue weighted by Gasteiger charge is 2.33. The summed E-state index contributed by atoms with van der Waals surface area (Å²) in [7, 11) is 0. The minimum Gasteiger partial charge on any atom is -0.342 e. The molecule has 0 spiro atoms. The fraction of sp³-hybridized carbons (Fsp3) is 0.316. The van der Waals surface area contributed by atoms with Crippen LogP contribution in [0.3, 0.4) is 0 Å². The number of hydrogen-bond acceptors (Lipinski definition) is 3. The number of nitro benzene ring substituents is 1. The highest BCUT2D eigenvalue weighted by atomic mass is 32.1. The van der Waals surface area contributed by atoms with Crippen LogP contribution in [0, 0.1) is 16.0 Å². The molecule has 2 aromatic carbocycles. The predicted octanol–water partition coefficient (Wildman–Crippen LogP) is 4.59. The number of hydrogen-bond donors (Lipinski definition) is 1. The van der Waals surface area contributed by atoms with Crippen LogP contribution in [0.2, 0.25) is 0 Å². The van der Waals surface area contributed by atoms with Crippen LogP contribution in [0.25, 0.3) is 0 Å². The van der Waals surface area contributed by atoms with Gasteiger partial charge in [-0.3, -0.25) is 10.1 Å². The van der Waals surface area contributed by atoms with Gasteiger partial charge in [-0.05, 0) is 55.6 Å². The van der Waals surface area contributed by atoms with Crippen LogP contribution < -0.4 is 5.32 Å². The molecule has 2 aromatic rings. The summed E-state index contributed by atoms with van der Waals surface area (Å²) in [6, 6.07) is 17.0. The zero-order chi connectivity index (χ0) is 17.8. The molecule has 25 heavy (non-hydrogen) atoms. The molecule has 0 heterocycles. The Kier molecular flexibility index (Phi) is 5.28. The minimum atomic E-state index is -0.404. The zero-order valence-electron chi connectivity index (χ0n) is 14.1. The second-order valence-corrected chi connectivity index (χ2v) is 6.81. The number of anilines is 1. The fourth-order valence-corrected chi connectivity index (χ4v) is 3.22. The molecular formula is C19H21N3O2S. The topological polar surface area (TPSA) is 58.4 Å². The van der Waals surface area contributed by atoms with Gasteiger partial charge in [-0.15, -0.1) is 0 Å². The summed E-state index contributed by atoms with van der Waals surface area (Å²) in [4.78, 5) is 12.6. The Morgan fingerprint density at radius 3 is 2.44 bits per heavy atom. The fourth-order valence-electron chi connectivity index (χ4n) is 2.88. The number of nitrogens with one attached hydrogen (secondary N) is 1. The average molecular weight is 355 g/mol. The third kappa shape index (κ3) is 4.54. The van der Waals surface area contributed by atoms with E-state index in [1.54, 1.807) is 12.1 Å². The van der Waals surface area contributed by atoms with E-state index in [-0.39, 0.29) is 5.69 Å². The Balaban J connectivity index is 1.73. The highest BCUT2D eigenvalue weighted by Crippen LogP contribution is 2.36. The molecule has 0 saturated heterocycles. The first-order valence-corrected chi connectivity index (χ1v) is 8.81. The number of thiocarbonyl (C=S) groups is 1. The molecule has 1 fully saturated rings. The molecule has 1 aliphatic rings. The normalized spacial score (nSPS) is 14.6. The lowest BCUT2D eigenvalue weighted by atomic mass is 10.1. The van der Waals surface area contributed by atoms with Gasteiger partial charge in [0.2, 0.25) is 0 Å². The van der Waals surface area contributed by atoms with Gasteiger partial charge in [-0.25, -0.2) is 0 Å². The van der Waals surface area contributed by atoms with Crippen molar-refractivity contribution in [2.75, 3.05) is 5.32 Å². The van der Waals surface area contributed by atoms with Crippen LogP contribution >= 0.6 is 12.2 Å². The van der Waals surface area contributed by atoms with E-state index in [2.05, 4.69) is 29.3 Å². The molecule has 0 radical (unpaired) electrons. The zero-order valence-corrected chi connectivity index (χ0v) is 14.9. The molecule has 1 atom stereocenters.